The third-order valence-electron chi connectivity index (χ3n) is 4.22. The lowest BCUT2D eigenvalue weighted by Crippen LogP contribution is -2.44. The Labute approximate surface area is 148 Å². The lowest BCUT2D eigenvalue weighted by molar-refractivity contribution is -0.274. The third kappa shape index (κ3) is 3.32. The Bertz CT molecular complexity index is 846. The summed E-state index contributed by atoms with van der Waals surface area (Å²) in [6.07, 6.45) is -3.23. The lowest BCUT2D eigenvalue weighted by atomic mass is 10.1. The average Bonchev–Trinajstić information content (AvgIpc) is 2.80. The minimum atomic E-state index is -4.78. The van der Waals surface area contributed by atoms with Gasteiger partial charge in [0.1, 0.15) is 11.4 Å². The van der Waals surface area contributed by atoms with Gasteiger partial charge in [-0.15, -0.1) is 13.2 Å². The van der Waals surface area contributed by atoms with Gasteiger partial charge in [0.2, 0.25) is 0 Å². The molecule has 5 nitrogen and oxygen atoms in total. The number of hydrogen-bond donors (Lipinski definition) is 1. The highest BCUT2D eigenvalue weighted by Crippen LogP contribution is 2.44. The Hall–Kier alpha value is -2.74. The topological polar surface area (TPSA) is 46.1 Å². The molecule has 2 heterocycles. The van der Waals surface area contributed by atoms with E-state index in [0.717, 1.165) is 0 Å². The summed E-state index contributed by atoms with van der Waals surface area (Å²) in [5.74, 6) is 0.749. The fourth-order valence-electron chi connectivity index (χ4n) is 3.11. The molecule has 136 valence electrons. The summed E-state index contributed by atoms with van der Waals surface area (Å²) in [4.78, 5) is 6.25. The number of hydrogen-bond acceptors (Lipinski definition) is 5. The Balaban J connectivity index is 1.84. The van der Waals surface area contributed by atoms with Gasteiger partial charge in [-0.1, -0.05) is 12.1 Å². The van der Waals surface area contributed by atoms with E-state index in [4.69, 9.17) is 4.74 Å². The van der Waals surface area contributed by atoms with Crippen LogP contribution in [0.3, 0.4) is 0 Å². The first-order valence-electron chi connectivity index (χ1n) is 8.21. The van der Waals surface area contributed by atoms with Crippen LogP contribution in [0, 0.1) is 0 Å². The minimum absolute atomic E-state index is 0.251. The fourth-order valence-corrected chi connectivity index (χ4v) is 3.11. The number of anilines is 1. The highest BCUT2D eigenvalue weighted by Gasteiger charge is 2.34. The molecule has 2 aliphatic heterocycles. The maximum Gasteiger partial charge on any atom is 0.573 e. The molecule has 0 atom stereocenters. The van der Waals surface area contributed by atoms with E-state index >= 15 is 0 Å². The number of benzene rings is 2. The van der Waals surface area contributed by atoms with Gasteiger partial charge in [-0.05, 0) is 24.3 Å². The van der Waals surface area contributed by atoms with E-state index in [9.17, 15) is 13.2 Å². The fraction of sp³-hybridized carbons (Fsp3) is 0.278. The zero-order chi connectivity index (χ0) is 18.1. The van der Waals surface area contributed by atoms with Crippen molar-refractivity contribution in [3.63, 3.8) is 0 Å². The summed E-state index contributed by atoms with van der Waals surface area (Å²) in [5.41, 5.74) is 1.44. The molecule has 0 unspecified atom stereocenters. The monoisotopic (exact) mass is 363 g/mol. The van der Waals surface area contributed by atoms with Crippen LogP contribution >= 0.6 is 0 Å². The first kappa shape index (κ1) is 16.7. The van der Waals surface area contributed by atoms with Gasteiger partial charge in [0.05, 0.1) is 11.3 Å². The predicted octanol–water partition coefficient (Wildman–Crippen LogP) is 3.85. The van der Waals surface area contributed by atoms with E-state index in [0.29, 0.717) is 54.6 Å². The second-order valence-corrected chi connectivity index (χ2v) is 5.94. The summed E-state index contributed by atoms with van der Waals surface area (Å²) in [7, 11) is 0. The van der Waals surface area contributed by atoms with Crippen LogP contribution in [0.25, 0.3) is 0 Å². The van der Waals surface area contributed by atoms with Crippen LogP contribution in [-0.4, -0.2) is 38.8 Å². The molecule has 8 heteroatoms. The number of ether oxygens (including phenoxy) is 2. The Kier molecular flexibility index (Phi) is 4.20. The second kappa shape index (κ2) is 6.53. The Morgan fingerprint density at radius 2 is 1.81 bits per heavy atom. The van der Waals surface area contributed by atoms with E-state index in [1.165, 1.54) is 12.1 Å². The quantitative estimate of drug-likeness (QED) is 0.751. The van der Waals surface area contributed by atoms with Gasteiger partial charge in [0, 0.05) is 32.4 Å². The number of nitrogens with zero attached hydrogens (tertiary/aromatic N) is 2. The molecule has 26 heavy (non-hydrogen) atoms. The molecular formula is C18H16F3N3O2. The molecular weight excluding hydrogens is 347 g/mol. The van der Waals surface area contributed by atoms with Crippen molar-refractivity contribution in [1.29, 1.82) is 0 Å². The number of halogens is 3. The molecule has 0 spiro atoms. The third-order valence-corrected chi connectivity index (χ3v) is 4.22. The van der Waals surface area contributed by atoms with Crippen molar-refractivity contribution in [1.82, 2.24) is 5.32 Å². The number of alkyl halides is 3. The smallest absolute Gasteiger partial charge is 0.454 e. The van der Waals surface area contributed by atoms with Crippen molar-refractivity contribution in [2.45, 2.75) is 6.36 Å². The SMILES string of the molecule is FC(F)(F)Oc1ccc2c(c1N1CCNCC1)C=Nc1ccccc1O2. The molecule has 0 saturated carbocycles. The molecule has 0 amide bonds. The Morgan fingerprint density at radius 1 is 1.04 bits per heavy atom. The van der Waals surface area contributed by atoms with E-state index in [2.05, 4.69) is 15.0 Å². The average molecular weight is 363 g/mol. The van der Waals surface area contributed by atoms with Crippen LogP contribution < -0.4 is 19.7 Å². The molecule has 0 aromatic heterocycles. The summed E-state index contributed by atoms with van der Waals surface area (Å²) < 4.78 is 48.9. The van der Waals surface area contributed by atoms with E-state index in [1.54, 1.807) is 18.3 Å². The summed E-state index contributed by atoms with van der Waals surface area (Å²) in [6.45, 7) is 2.47. The van der Waals surface area contributed by atoms with Crippen molar-refractivity contribution >= 4 is 17.6 Å². The molecule has 2 aromatic rings. The normalized spacial score (nSPS) is 16.3. The van der Waals surface area contributed by atoms with Gasteiger partial charge in [-0.3, -0.25) is 4.99 Å². The van der Waals surface area contributed by atoms with Gasteiger partial charge in [0.15, 0.2) is 11.5 Å². The molecule has 2 aliphatic rings. The van der Waals surface area contributed by atoms with Gasteiger partial charge in [0.25, 0.3) is 0 Å². The molecule has 4 rings (SSSR count). The molecule has 1 fully saturated rings. The lowest BCUT2D eigenvalue weighted by Gasteiger charge is -2.32. The Morgan fingerprint density at radius 3 is 2.58 bits per heavy atom. The summed E-state index contributed by atoms with van der Waals surface area (Å²) in [5, 5.41) is 3.19. The van der Waals surface area contributed by atoms with Gasteiger partial charge in [-0.25, -0.2) is 0 Å². The van der Waals surface area contributed by atoms with E-state index in [-0.39, 0.29) is 5.75 Å². The molecule has 1 N–H and O–H groups in total. The zero-order valence-corrected chi connectivity index (χ0v) is 13.7. The molecule has 0 radical (unpaired) electrons. The second-order valence-electron chi connectivity index (χ2n) is 5.94. The highest BCUT2D eigenvalue weighted by atomic mass is 19.4. The predicted molar refractivity (Wildman–Crippen MR) is 92.0 cm³/mol. The van der Waals surface area contributed by atoms with Crippen molar-refractivity contribution in [2.75, 3.05) is 31.1 Å². The van der Waals surface area contributed by atoms with Gasteiger partial charge >= 0.3 is 6.36 Å². The largest absolute Gasteiger partial charge is 0.573 e. The molecule has 1 saturated heterocycles. The van der Waals surface area contributed by atoms with Crippen molar-refractivity contribution < 1.29 is 22.6 Å². The van der Waals surface area contributed by atoms with Crippen molar-refractivity contribution in [2.24, 2.45) is 4.99 Å². The van der Waals surface area contributed by atoms with Crippen LogP contribution in [0.2, 0.25) is 0 Å². The maximum atomic E-state index is 12.9. The van der Waals surface area contributed by atoms with E-state index < -0.39 is 6.36 Å². The van der Waals surface area contributed by atoms with Crippen LogP contribution in [0.5, 0.6) is 17.2 Å². The van der Waals surface area contributed by atoms with Crippen LogP contribution in [0.15, 0.2) is 41.4 Å². The first-order chi connectivity index (χ1) is 12.5. The van der Waals surface area contributed by atoms with Gasteiger partial charge < -0.3 is 19.7 Å². The first-order valence-corrected chi connectivity index (χ1v) is 8.21. The number of nitrogens with one attached hydrogen (secondary N) is 1. The standard InChI is InChI=1S/C18H16F3N3O2/c19-18(20,21)26-16-6-5-14-12(17(16)24-9-7-22-8-10-24)11-23-13-3-1-2-4-15(13)25-14/h1-6,11,22H,7-10H2. The number of fused-ring (bicyclic) bond motifs is 2. The number of para-hydroxylation sites is 2. The van der Waals surface area contributed by atoms with Crippen molar-refractivity contribution in [3.05, 3.63) is 42.0 Å². The van der Waals surface area contributed by atoms with Crippen LogP contribution in [-0.2, 0) is 0 Å². The van der Waals surface area contributed by atoms with Crippen LogP contribution in [0.4, 0.5) is 24.5 Å². The number of rotatable bonds is 2. The molecule has 0 aliphatic carbocycles. The number of aliphatic imine (C=N–C) groups is 1. The summed E-state index contributed by atoms with van der Waals surface area (Å²) >= 11 is 0. The molecule has 2 aromatic carbocycles. The van der Waals surface area contributed by atoms with E-state index in [1.807, 2.05) is 17.0 Å². The zero-order valence-electron chi connectivity index (χ0n) is 13.7. The summed E-state index contributed by atoms with van der Waals surface area (Å²) in [6, 6.07) is 9.98. The minimum Gasteiger partial charge on any atom is -0.454 e. The molecule has 0 bridgehead atoms. The highest BCUT2D eigenvalue weighted by molar-refractivity contribution is 5.96. The van der Waals surface area contributed by atoms with Crippen molar-refractivity contribution in [3.8, 4) is 17.2 Å². The van der Waals surface area contributed by atoms with Crippen LogP contribution in [0.1, 0.15) is 5.56 Å². The van der Waals surface area contributed by atoms with Gasteiger partial charge in [-0.2, -0.15) is 0 Å². The number of piperazine rings is 1. The maximum absolute atomic E-state index is 12.9.